The Morgan fingerprint density at radius 3 is 0.875 bits per heavy atom. The molecule has 1 atom stereocenters. The minimum Gasteiger partial charge on any atom is -0.465 e. The molecule has 0 saturated carbocycles. The second-order valence-corrected chi connectivity index (χ2v) is 23.3. The van der Waals surface area contributed by atoms with E-state index in [4.69, 9.17) is 4.74 Å². The number of carbonyl (C=O) groups is 2. The van der Waals surface area contributed by atoms with Crippen LogP contribution in [0.15, 0.2) is 12.2 Å². The molecule has 0 heterocycles. The van der Waals surface area contributed by atoms with Crippen molar-refractivity contribution in [2.45, 2.75) is 387 Å². The SMILES string of the molecule is CCCCCCCCCCCCCCCCCCCCCCCCCC/C=C/CCCCCCCCCCCCC(CC(=O)N(CCCCCCCC)CCCCCCCC)C(=O)OCCCCCCCC. The first kappa shape index (κ1) is 70.7. The molecule has 0 aromatic heterocycles. The average molecular weight is 1010 g/mol. The molecule has 4 nitrogen and oxygen atoms in total. The fourth-order valence-electron chi connectivity index (χ4n) is 10.9. The minimum absolute atomic E-state index is 0.118. The first-order valence-corrected chi connectivity index (χ1v) is 33.7. The van der Waals surface area contributed by atoms with Crippen molar-refractivity contribution in [2.75, 3.05) is 19.7 Å². The Balaban J connectivity index is 4.04. The summed E-state index contributed by atoms with van der Waals surface area (Å²) in [6.07, 6.45) is 78.3. The molecule has 4 heteroatoms. The summed E-state index contributed by atoms with van der Waals surface area (Å²) in [7, 11) is 0. The van der Waals surface area contributed by atoms with E-state index in [0.717, 1.165) is 58.0 Å². The predicted octanol–water partition coefficient (Wildman–Crippen LogP) is 23.5. The van der Waals surface area contributed by atoms with Gasteiger partial charge in [-0.2, -0.15) is 0 Å². The van der Waals surface area contributed by atoms with Crippen LogP contribution in [0.2, 0.25) is 0 Å². The molecule has 0 rings (SSSR count). The van der Waals surface area contributed by atoms with Gasteiger partial charge in [0.15, 0.2) is 0 Å². The standard InChI is InChI=1S/C68H133NO3/c1-5-9-13-17-21-22-23-24-25-26-27-28-29-30-31-32-33-34-35-36-37-38-39-40-41-42-43-44-45-46-47-48-49-50-51-52-53-57-61-66(68(71)72-64-60-56-20-16-12-8-4)65-67(70)69(62-58-54-18-14-10-6-2)63-59-55-19-15-11-7-3/h42-43,66H,5-41,44-65H2,1-4H3/b43-42+. The highest BCUT2D eigenvalue weighted by molar-refractivity contribution is 5.83. The largest absolute Gasteiger partial charge is 0.465 e. The van der Waals surface area contributed by atoms with Crippen LogP contribution in [0, 0.1) is 5.92 Å². The molecule has 1 unspecified atom stereocenters. The Kier molecular flexibility index (Phi) is 61.1. The van der Waals surface area contributed by atoms with Gasteiger partial charge in [0.1, 0.15) is 0 Å². The molecule has 0 aromatic carbocycles. The zero-order chi connectivity index (χ0) is 52.2. The van der Waals surface area contributed by atoms with E-state index in [9.17, 15) is 9.59 Å². The molecule has 1 amide bonds. The average Bonchev–Trinajstić information content (AvgIpc) is 3.38. The van der Waals surface area contributed by atoms with Gasteiger partial charge in [-0.3, -0.25) is 9.59 Å². The maximum Gasteiger partial charge on any atom is 0.309 e. The molecular formula is C68H133NO3. The third kappa shape index (κ3) is 54.9. The van der Waals surface area contributed by atoms with Crippen LogP contribution in [0.1, 0.15) is 387 Å². The molecule has 0 radical (unpaired) electrons. The highest BCUT2D eigenvalue weighted by atomic mass is 16.5. The molecule has 0 bridgehead atoms. The van der Waals surface area contributed by atoms with Gasteiger partial charge in [0.2, 0.25) is 5.91 Å². The number of amides is 1. The first-order valence-electron chi connectivity index (χ1n) is 33.7. The second-order valence-electron chi connectivity index (χ2n) is 23.3. The zero-order valence-electron chi connectivity index (χ0n) is 50.1. The van der Waals surface area contributed by atoms with E-state index < -0.39 is 0 Å². The van der Waals surface area contributed by atoms with Gasteiger partial charge >= 0.3 is 5.97 Å². The molecule has 72 heavy (non-hydrogen) atoms. The van der Waals surface area contributed by atoms with E-state index >= 15 is 0 Å². The van der Waals surface area contributed by atoms with Gasteiger partial charge in [-0.15, -0.1) is 0 Å². The summed E-state index contributed by atoms with van der Waals surface area (Å²) in [5.74, 6) is -0.226. The first-order chi connectivity index (χ1) is 35.6. The molecule has 0 aromatic rings. The Morgan fingerprint density at radius 1 is 0.319 bits per heavy atom. The topological polar surface area (TPSA) is 46.6 Å². The molecule has 0 aliphatic carbocycles. The summed E-state index contributed by atoms with van der Waals surface area (Å²) in [5, 5.41) is 0. The van der Waals surface area contributed by atoms with Gasteiger partial charge in [0.25, 0.3) is 0 Å². The summed E-state index contributed by atoms with van der Waals surface area (Å²) in [4.78, 5) is 29.5. The second kappa shape index (κ2) is 62.2. The maximum absolute atomic E-state index is 13.9. The minimum atomic E-state index is -0.294. The molecular weight excluding hydrogens is 879 g/mol. The smallest absolute Gasteiger partial charge is 0.309 e. The fraction of sp³-hybridized carbons (Fsp3) is 0.941. The van der Waals surface area contributed by atoms with Crippen LogP contribution in [0.5, 0.6) is 0 Å². The molecule has 0 fully saturated rings. The number of allylic oxidation sites excluding steroid dienone is 2. The highest BCUT2D eigenvalue weighted by Gasteiger charge is 2.26. The van der Waals surface area contributed by atoms with Crippen molar-refractivity contribution in [3.8, 4) is 0 Å². The van der Waals surface area contributed by atoms with Crippen LogP contribution in [0.25, 0.3) is 0 Å². The summed E-state index contributed by atoms with van der Waals surface area (Å²) < 4.78 is 5.88. The zero-order valence-corrected chi connectivity index (χ0v) is 50.1. The lowest BCUT2D eigenvalue weighted by Crippen LogP contribution is -2.35. The quantitative estimate of drug-likeness (QED) is 0.0346. The van der Waals surface area contributed by atoms with Crippen molar-refractivity contribution in [3.63, 3.8) is 0 Å². The Hall–Kier alpha value is -1.32. The number of ether oxygens (including phenoxy) is 1. The van der Waals surface area contributed by atoms with Crippen molar-refractivity contribution in [1.82, 2.24) is 4.90 Å². The number of unbranched alkanes of at least 4 members (excludes halogenated alkanes) is 49. The molecule has 0 aliphatic heterocycles. The number of esters is 1. The highest BCUT2D eigenvalue weighted by Crippen LogP contribution is 2.22. The lowest BCUT2D eigenvalue weighted by Gasteiger charge is -2.25. The maximum atomic E-state index is 13.9. The van der Waals surface area contributed by atoms with Crippen LogP contribution in [-0.2, 0) is 14.3 Å². The Labute approximate surface area is 454 Å². The molecule has 0 N–H and O–H groups in total. The summed E-state index contributed by atoms with van der Waals surface area (Å²) in [6, 6.07) is 0. The third-order valence-electron chi connectivity index (χ3n) is 16.0. The van der Waals surface area contributed by atoms with Gasteiger partial charge in [-0.1, -0.05) is 342 Å². The van der Waals surface area contributed by atoms with E-state index in [0.29, 0.717) is 13.0 Å². The lowest BCUT2D eigenvalue weighted by molar-refractivity contribution is -0.152. The molecule has 0 aliphatic rings. The number of carbonyl (C=O) groups excluding carboxylic acids is 2. The third-order valence-corrected chi connectivity index (χ3v) is 16.0. The van der Waals surface area contributed by atoms with Crippen LogP contribution in [0.4, 0.5) is 0 Å². The Bertz CT molecular complexity index is 1060. The molecule has 428 valence electrons. The number of nitrogens with zero attached hydrogens (tertiary/aromatic N) is 1. The molecule has 0 saturated heterocycles. The number of hydrogen-bond donors (Lipinski definition) is 0. The van der Waals surface area contributed by atoms with Crippen molar-refractivity contribution >= 4 is 11.9 Å². The van der Waals surface area contributed by atoms with Crippen molar-refractivity contribution in [3.05, 3.63) is 12.2 Å². The van der Waals surface area contributed by atoms with Gasteiger partial charge in [0.05, 0.1) is 12.5 Å². The van der Waals surface area contributed by atoms with Gasteiger partial charge in [0, 0.05) is 19.5 Å². The van der Waals surface area contributed by atoms with E-state index in [-0.39, 0.29) is 17.8 Å². The van der Waals surface area contributed by atoms with Gasteiger partial charge in [-0.25, -0.2) is 0 Å². The Morgan fingerprint density at radius 2 is 0.569 bits per heavy atom. The van der Waals surface area contributed by atoms with E-state index in [1.54, 1.807) is 0 Å². The predicted molar refractivity (Wildman–Crippen MR) is 321 cm³/mol. The monoisotopic (exact) mass is 1010 g/mol. The lowest BCUT2D eigenvalue weighted by atomic mass is 9.96. The summed E-state index contributed by atoms with van der Waals surface area (Å²) >= 11 is 0. The summed E-state index contributed by atoms with van der Waals surface area (Å²) in [5.41, 5.74) is 0. The molecule has 0 spiro atoms. The fourth-order valence-corrected chi connectivity index (χ4v) is 10.9. The van der Waals surface area contributed by atoms with Crippen LogP contribution < -0.4 is 0 Å². The summed E-state index contributed by atoms with van der Waals surface area (Å²) in [6.45, 7) is 11.3. The number of rotatable bonds is 62. The van der Waals surface area contributed by atoms with Gasteiger partial charge in [-0.05, 0) is 51.4 Å². The van der Waals surface area contributed by atoms with E-state index in [2.05, 4.69) is 44.7 Å². The van der Waals surface area contributed by atoms with Crippen LogP contribution in [-0.4, -0.2) is 36.5 Å². The normalized spacial score (nSPS) is 12.1. The number of hydrogen-bond acceptors (Lipinski definition) is 3. The van der Waals surface area contributed by atoms with Crippen LogP contribution >= 0.6 is 0 Å². The van der Waals surface area contributed by atoms with Crippen molar-refractivity contribution < 1.29 is 14.3 Å². The van der Waals surface area contributed by atoms with Crippen molar-refractivity contribution in [2.24, 2.45) is 5.92 Å². The van der Waals surface area contributed by atoms with Crippen LogP contribution in [0.3, 0.4) is 0 Å². The van der Waals surface area contributed by atoms with Crippen molar-refractivity contribution in [1.29, 1.82) is 0 Å². The van der Waals surface area contributed by atoms with E-state index in [1.165, 1.54) is 308 Å². The van der Waals surface area contributed by atoms with E-state index in [1.807, 2.05) is 0 Å². The van der Waals surface area contributed by atoms with Gasteiger partial charge < -0.3 is 9.64 Å².